The van der Waals surface area contributed by atoms with E-state index in [1.54, 1.807) is 6.08 Å². The third-order valence-corrected chi connectivity index (χ3v) is 4.76. The van der Waals surface area contributed by atoms with Gasteiger partial charge in [-0.25, -0.2) is 4.79 Å². The normalized spacial score (nSPS) is 24.4. The summed E-state index contributed by atoms with van der Waals surface area (Å²) < 4.78 is 0. The number of carbonyl (C=O) groups excluding carboxylic acids is 2. The maximum absolute atomic E-state index is 11.7. The fraction of sp³-hybridized carbons (Fsp3) is 0.444. The number of benzene rings is 1. The van der Waals surface area contributed by atoms with Gasteiger partial charge >= 0.3 is 6.03 Å². The molecule has 1 unspecified atom stereocenters. The second kappa shape index (κ2) is 5.41. The minimum atomic E-state index is -0.466. The molecule has 1 saturated heterocycles. The molecule has 122 valence electrons. The molecule has 0 radical (unpaired) electrons. The molecule has 2 N–H and O–H groups in total. The Morgan fingerprint density at radius 2 is 2.04 bits per heavy atom. The monoisotopic (exact) mass is 313 g/mol. The third kappa shape index (κ3) is 2.71. The molecule has 3 amide bonds. The first-order valence-electron chi connectivity index (χ1n) is 8.07. The molecule has 1 atom stereocenters. The lowest BCUT2D eigenvalue weighted by molar-refractivity contribution is -0.115. The molecule has 2 aliphatic rings. The van der Waals surface area contributed by atoms with Crippen LogP contribution >= 0.6 is 0 Å². The molecular weight excluding hydrogens is 290 g/mol. The van der Waals surface area contributed by atoms with Crippen LogP contribution in [0.1, 0.15) is 51.2 Å². The quantitative estimate of drug-likeness (QED) is 0.652. The van der Waals surface area contributed by atoms with E-state index in [0.29, 0.717) is 11.6 Å². The SMILES string of the molecule is CCN1c2ccc(/C=C3\NC(=O)NC3=O)cc2C(C)CC1(C)C. The van der Waals surface area contributed by atoms with Gasteiger partial charge in [-0.15, -0.1) is 0 Å². The summed E-state index contributed by atoms with van der Waals surface area (Å²) in [7, 11) is 0. The van der Waals surface area contributed by atoms with Gasteiger partial charge < -0.3 is 10.2 Å². The lowest BCUT2D eigenvalue weighted by Crippen LogP contribution is -2.48. The number of amides is 3. The fourth-order valence-electron chi connectivity index (χ4n) is 3.85. The molecule has 0 saturated carbocycles. The van der Waals surface area contributed by atoms with Crippen LogP contribution in [0.5, 0.6) is 0 Å². The standard InChI is InChI=1S/C18H23N3O2/c1-5-21-15-7-6-12(9-14-16(22)20-17(23)19-14)8-13(15)11(2)10-18(21,3)4/h6-9,11H,5,10H2,1-4H3,(H2,19,20,22,23)/b14-9-. The van der Waals surface area contributed by atoms with Gasteiger partial charge in [-0.2, -0.15) is 0 Å². The zero-order valence-electron chi connectivity index (χ0n) is 14.1. The number of imide groups is 1. The number of carbonyl (C=O) groups is 2. The van der Waals surface area contributed by atoms with Gasteiger partial charge in [0.25, 0.3) is 5.91 Å². The number of rotatable bonds is 2. The molecule has 2 aliphatic heterocycles. The van der Waals surface area contributed by atoms with Crippen molar-refractivity contribution in [1.29, 1.82) is 0 Å². The van der Waals surface area contributed by atoms with Crippen molar-refractivity contribution < 1.29 is 9.59 Å². The Morgan fingerprint density at radius 3 is 2.65 bits per heavy atom. The predicted octanol–water partition coefficient (Wildman–Crippen LogP) is 2.98. The number of anilines is 1. The topological polar surface area (TPSA) is 61.4 Å². The van der Waals surface area contributed by atoms with Crippen molar-refractivity contribution in [2.45, 2.75) is 45.6 Å². The van der Waals surface area contributed by atoms with Gasteiger partial charge in [0.15, 0.2) is 0 Å². The average Bonchev–Trinajstić information content (AvgIpc) is 2.77. The summed E-state index contributed by atoms with van der Waals surface area (Å²) in [6.07, 6.45) is 2.81. The van der Waals surface area contributed by atoms with E-state index in [2.05, 4.69) is 55.4 Å². The molecule has 1 fully saturated rings. The lowest BCUT2D eigenvalue weighted by atomic mass is 9.79. The van der Waals surface area contributed by atoms with Gasteiger partial charge in [0.2, 0.25) is 0 Å². The molecular formula is C18H23N3O2. The Balaban J connectivity index is 2.00. The smallest absolute Gasteiger partial charge is 0.326 e. The number of nitrogens with zero attached hydrogens (tertiary/aromatic N) is 1. The van der Waals surface area contributed by atoms with Crippen molar-refractivity contribution in [2.24, 2.45) is 0 Å². The highest BCUT2D eigenvalue weighted by atomic mass is 16.2. The van der Waals surface area contributed by atoms with Crippen LogP contribution < -0.4 is 15.5 Å². The van der Waals surface area contributed by atoms with Crippen LogP contribution in [-0.4, -0.2) is 24.0 Å². The summed E-state index contributed by atoms with van der Waals surface area (Å²) in [6, 6.07) is 5.78. The highest BCUT2D eigenvalue weighted by Crippen LogP contribution is 2.43. The van der Waals surface area contributed by atoms with Crippen molar-refractivity contribution in [3.63, 3.8) is 0 Å². The Labute approximate surface area is 136 Å². The van der Waals surface area contributed by atoms with Crippen LogP contribution in [0.25, 0.3) is 6.08 Å². The molecule has 0 aromatic heterocycles. The molecule has 5 nitrogen and oxygen atoms in total. The maximum atomic E-state index is 11.7. The van der Waals surface area contributed by atoms with E-state index in [9.17, 15) is 9.59 Å². The van der Waals surface area contributed by atoms with Crippen LogP contribution in [0.15, 0.2) is 23.9 Å². The van der Waals surface area contributed by atoms with Crippen molar-refractivity contribution in [2.75, 3.05) is 11.4 Å². The molecule has 2 heterocycles. The van der Waals surface area contributed by atoms with E-state index in [0.717, 1.165) is 18.5 Å². The van der Waals surface area contributed by atoms with Crippen molar-refractivity contribution in [3.05, 3.63) is 35.0 Å². The van der Waals surface area contributed by atoms with Gasteiger partial charge in [0, 0.05) is 17.8 Å². The van der Waals surface area contributed by atoms with Crippen molar-refractivity contribution in [1.82, 2.24) is 10.6 Å². The summed E-state index contributed by atoms with van der Waals surface area (Å²) in [5, 5.41) is 4.75. The van der Waals surface area contributed by atoms with E-state index >= 15 is 0 Å². The molecule has 1 aromatic carbocycles. The van der Waals surface area contributed by atoms with E-state index in [4.69, 9.17) is 0 Å². The van der Waals surface area contributed by atoms with Crippen LogP contribution in [0.4, 0.5) is 10.5 Å². The largest absolute Gasteiger partial charge is 0.366 e. The second-order valence-electron chi connectivity index (χ2n) is 6.95. The lowest BCUT2D eigenvalue weighted by Gasteiger charge is -2.47. The van der Waals surface area contributed by atoms with E-state index in [1.165, 1.54) is 11.3 Å². The maximum Gasteiger partial charge on any atom is 0.326 e. The number of hydrogen-bond donors (Lipinski definition) is 2. The minimum Gasteiger partial charge on any atom is -0.366 e. The molecule has 1 aromatic rings. The summed E-state index contributed by atoms with van der Waals surface area (Å²) in [5.41, 5.74) is 3.92. The van der Waals surface area contributed by atoms with Crippen LogP contribution in [0.2, 0.25) is 0 Å². The molecule has 0 spiro atoms. The van der Waals surface area contributed by atoms with Gasteiger partial charge in [-0.05, 0) is 62.4 Å². The molecule has 5 heteroatoms. The number of fused-ring (bicyclic) bond motifs is 1. The van der Waals surface area contributed by atoms with Gasteiger partial charge in [0.1, 0.15) is 5.70 Å². The molecule has 3 rings (SSSR count). The van der Waals surface area contributed by atoms with E-state index in [-0.39, 0.29) is 11.4 Å². The van der Waals surface area contributed by atoms with Crippen LogP contribution in [0, 0.1) is 0 Å². The zero-order valence-corrected chi connectivity index (χ0v) is 14.1. The summed E-state index contributed by atoms with van der Waals surface area (Å²) >= 11 is 0. The Kier molecular flexibility index (Phi) is 3.66. The fourth-order valence-corrected chi connectivity index (χ4v) is 3.85. The number of hydrogen-bond acceptors (Lipinski definition) is 3. The molecule has 23 heavy (non-hydrogen) atoms. The second-order valence-corrected chi connectivity index (χ2v) is 6.95. The average molecular weight is 313 g/mol. The van der Waals surface area contributed by atoms with Crippen LogP contribution in [0.3, 0.4) is 0 Å². The molecule has 0 aliphatic carbocycles. The molecule has 0 bridgehead atoms. The summed E-state index contributed by atoms with van der Waals surface area (Å²) in [6.45, 7) is 9.95. The first kappa shape index (κ1) is 15.6. The number of urea groups is 1. The van der Waals surface area contributed by atoms with Gasteiger partial charge in [-0.3, -0.25) is 10.1 Å². The Morgan fingerprint density at radius 1 is 1.30 bits per heavy atom. The summed E-state index contributed by atoms with van der Waals surface area (Å²) in [4.78, 5) is 25.3. The van der Waals surface area contributed by atoms with Gasteiger partial charge in [-0.1, -0.05) is 13.0 Å². The van der Waals surface area contributed by atoms with Gasteiger partial charge in [0.05, 0.1) is 0 Å². The highest BCUT2D eigenvalue weighted by molar-refractivity contribution is 6.14. The van der Waals surface area contributed by atoms with Crippen molar-refractivity contribution in [3.8, 4) is 0 Å². The first-order valence-corrected chi connectivity index (χ1v) is 8.07. The summed E-state index contributed by atoms with van der Waals surface area (Å²) in [5.74, 6) is 0.0743. The van der Waals surface area contributed by atoms with E-state index in [1.807, 2.05) is 6.07 Å². The Hall–Kier alpha value is -2.30. The third-order valence-electron chi connectivity index (χ3n) is 4.76. The number of nitrogens with one attached hydrogen (secondary N) is 2. The highest BCUT2D eigenvalue weighted by Gasteiger charge is 2.35. The zero-order chi connectivity index (χ0) is 16.8. The first-order chi connectivity index (χ1) is 10.8. The minimum absolute atomic E-state index is 0.139. The predicted molar refractivity (Wildman–Crippen MR) is 91.2 cm³/mol. The van der Waals surface area contributed by atoms with E-state index < -0.39 is 6.03 Å². The van der Waals surface area contributed by atoms with Crippen LogP contribution in [-0.2, 0) is 4.79 Å². The van der Waals surface area contributed by atoms with Crippen molar-refractivity contribution >= 4 is 23.7 Å². The Bertz CT molecular complexity index is 706.